The summed E-state index contributed by atoms with van der Waals surface area (Å²) in [7, 11) is 0. The minimum atomic E-state index is 0.598. The van der Waals surface area contributed by atoms with Crippen molar-refractivity contribution in [3.63, 3.8) is 0 Å². The molecule has 0 aliphatic heterocycles. The summed E-state index contributed by atoms with van der Waals surface area (Å²) < 4.78 is 0. The molecule has 72 valence electrons. The van der Waals surface area contributed by atoms with Crippen LogP contribution >= 0.6 is 0 Å². The first kappa shape index (κ1) is 9.42. The minimum absolute atomic E-state index is 0.598. The molecule has 0 atom stereocenters. The molecule has 0 fully saturated rings. The average molecular weight is 195 g/mol. The molecule has 0 unspecified atom stereocenters. The second-order valence-electron chi connectivity index (χ2n) is 3.48. The van der Waals surface area contributed by atoms with Gasteiger partial charge >= 0.3 is 5.69 Å². The third-order valence-electron chi connectivity index (χ3n) is 2.37. The molecule has 0 aliphatic rings. The van der Waals surface area contributed by atoms with E-state index in [0.717, 1.165) is 11.1 Å². The average Bonchev–Trinajstić information content (AvgIpc) is 2.30. The van der Waals surface area contributed by atoms with E-state index in [2.05, 4.69) is 4.98 Å². The Kier molecular flexibility index (Phi) is 2.47. The smallest absolute Gasteiger partial charge is 0.0611 e. The maximum absolute atomic E-state index is 8.86. The van der Waals surface area contributed by atoms with Gasteiger partial charge in [-0.2, -0.15) is 0 Å². The standard InChI is InChI=1S/C13H11N2/c1-10-6-8-11(9-7-10)12-4-2-3-5-13(12)15-14/h2-9H,1H3/q+1. The molecular formula is C13H11N2+. The highest BCUT2D eigenvalue weighted by Crippen LogP contribution is 2.29. The van der Waals surface area contributed by atoms with E-state index in [1.165, 1.54) is 5.56 Å². The summed E-state index contributed by atoms with van der Waals surface area (Å²) in [4.78, 5) is 3.27. The van der Waals surface area contributed by atoms with Gasteiger partial charge in [-0.15, -0.1) is 0 Å². The Balaban J connectivity index is 2.55. The van der Waals surface area contributed by atoms with E-state index < -0.39 is 0 Å². The van der Waals surface area contributed by atoms with Crippen LogP contribution in [0.25, 0.3) is 16.1 Å². The molecule has 0 aliphatic carbocycles. The van der Waals surface area contributed by atoms with Crippen molar-refractivity contribution >= 4 is 5.69 Å². The zero-order chi connectivity index (χ0) is 10.7. The third-order valence-corrected chi connectivity index (χ3v) is 2.37. The van der Waals surface area contributed by atoms with Gasteiger partial charge in [0, 0.05) is 6.07 Å². The predicted molar refractivity (Wildman–Crippen MR) is 61.4 cm³/mol. The number of rotatable bonds is 1. The van der Waals surface area contributed by atoms with Crippen LogP contribution in [0, 0.1) is 12.3 Å². The Labute approximate surface area is 88.8 Å². The summed E-state index contributed by atoms with van der Waals surface area (Å²) >= 11 is 0. The lowest BCUT2D eigenvalue weighted by atomic mass is 10.0. The van der Waals surface area contributed by atoms with Crippen LogP contribution < -0.4 is 0 Å². The normalized spacial score (nSPS) is 9.60. The number of diazo groups is 1. The van der Waals surface area contributed by atoms with E-state index in [1.54, 1.807) is 6.07 Å². The minimum Gasteiger partial charge on any atom is -0.0611 e. The number of hydrogen-bond acceptors (Lipinski definition) is 1. The third kappa shape index (κ3) is 1.87. The molecule has 15 heavy (non-hydrogen) atoms. The van der Waals surface area contributed by atoms with Crippen molar-refractivity contribution in [1.82, 2.24) is 0 Å². The Morgan fingerprint density at radius 1 is 0.933 bits per heavy atom. The van der Waals surface area contributed by atoms with E-state index in [0.29, 0.717) is 5.69 Å². The highest BCUT2D eigenvalue weighted by Gasteiger charge is 2.13. The monoisotopic (exact) mass is 195 g/mol. The van der Waals surface area contributed by atoms with Crippen molar-refractivity contribution < 1.29 is 0 Å². The van der Waals surface area contributed by atoms with Crippen LogP contribution in [0.2, 0.25) is 0 Å². The molecule has 0 aromatic heterocycles. The SMILES string of the molecule is Cc1ccc(-c2ccccc2[N+]#N)cc1. The lowest BCUT2D eigenvalue weighted by Crippen LogP contribution is -1.78. The fraction of sp³-hybridized carbons (Fsp3) is 0.0769. The van der Waals surface area contributed by atoms with Gasteiger partial charge in [0.05, 0.1) is 5.56 Å². The van der Waals surface area contributed by atoms with Crippen molar-refractivity contribution in [3.8, 4) is 11.1 Å². The summed E-state index contributed by atoms with van der Waals surface area (Å²) in [6.07, 6.45) is 0. The molecule has 0 N–H and O–H groups in total. The molecule has 0 saturated heterocycles. The Morgan fingerprint density at radius 2 is 1.60 bits per heavy atom. The van der Waals surface area contributed by atoms with Crippen LogP contribution in [-0.4, -0.2) is 0 Å². The first-order valence-electron chi connectivity index (χ1n) is 4.82. The fourth-order valence-electron chi connectivity index (χ4n) is 1.54. The summed E-state index contributed by atoms with van der Waals surface area (Å²) in [5.41, 5.74) is 3.83. The van der Waals surface area contributed by atoms with E-state index in [-0.39, 0.29) is 0 Å². The van der Waals surface area contributed by atoms with Crippen molar-refractivity contribution in [2.45, 2.75) is 6.92 Å². The zero-order valence-corrected chi connectivity index (χ0v) is 8.51. The summed E-state index contributed by atoms with van der Waals surface area (Å²) in [6, 6.07) is 15.7. The fourth-order valence-corrected chi connectivity index (χ4v) is 1.54. The van der Waals surface area contributed by atoms with E-state index >= 15 is 0 Å². The van der Waals surface area contributed by atoms with Gasteiger partial charge in [-0.25, -0.2) is 0 Å². The Hall–Kier alpha value is -2.14. The van der Waals surface area contributed by atoms with Crippen LogP contribution in [0.5, 0.6) is 0 Å². The van der Waals surface area contributed by atoms with Crippen LogP contribution in [-0.2, 0) is 0 Å². The highest BCUT2D eigenvalue weighted by molar-refractivity contribution is 5.78. The molecule has 2 heteroatoms. The lowest BCUT2D eigenvalue weighted by molar-refractivity contribution is 1.45. The maximum atomic E-state index is 8.86. The van der Waals surface area contributed by atoms with Gasteiger partial charge < -0.3 is 0 Å². The second kappa shape index (κ2) is 3.93. The van der Waals surface area contributed by atoms with E-state index in [1.807, 2.05) is 49.4 Å². The topological polar surface area (TPSA) is 28.1 Å². The van der Waals surface area contributed by atoms with Crippen molar-refractivity contribution in [2.24, 2.45) is 0 Å². The Bertz CT molecular complexity index is 507. The van der Waals surface area contributed by atoms with Gasteiger partial charge in [0.15, 0.2) is 4.98 Å². The first-order valence-corrected chi connectivity index (χ1v) is 4.82. The summed E-state index contributed by atoms with van der Waals surface area (Å²) in [5, 5.41) is 8.86. The number of benzene rings is 2. The first-order chi connectivity index (χ1) is 7.31. The number of hydrogen-bond donors (Lipinski definition) is 0. The number of aryl methyl sites for hydroxylation is 1. The van der Waals surface area contributed by atoms with Crippen molar-refractivity contribution in [2.75, 3.05) is 0 Å². The van der Waals surface area contributed by atoms with Crippen molar-refractivity contribution in [3.05, 3.63) is 59.1 Å². The van der Waals surface area contributed by atoms with Gasteiger partial charge in [0.25, 0.3) is 0 Å². The van der Waals surface area contributed by atoms with Crippen LogP contribution in [0.3, 0.4) is 0 Å². The Morgan fingerprint density at radius 3 is 2.27 bits per heavy atom. The quantitative estimate of drug-likeness (QED) is 0.628. The number of nitrogens with zero attached hydrogens (tertiary/aromatic N) is 2. The predicted octanol–water partition coefficient (Wildman–Crippen LogP) is 4.15. The molecule has 2 aromatic carbocycles. The van der Waals surface area contributed by atoms with Crippen LogP contribution in [0.15, 0.2) is 48.5 Å². The summed E-state index contributed by atoms with van der Waals surface area (Å²) in [6.45, 7) is 2.05. The largest absolute Gasteiger partial charge is 0.392 e. The van der Waals surface area contributed by atoms with E-state index in [4.69, 9.17) is 5.39 Å². The van der Waals surface area contributed by atoms with Crippen LogP contribution in [0.4, 0.5) is 5.69 Å². The molecule has 2 rings (SSSR count). The molecular weight excluding hydrogens is 184 g/mol. The van der Waals surface area contributed by atoms with Gasteiger partial charge in [-0.1, -0.05) is 42.0 Å². The van der Waals surface area contributed by atoms with Crippen molar-refractivity contribution in [1.29, 1.82) is 5.39 Å². The van der Waals surface area contributed by atoms with Gasteiger partial charge in [-0.05, 0) is 18.6 Å². The lowest BCUT2D eigenvalue weighted by Gasteiger charge is -1.98. The second-order valence-corrected chi connectivity index (χ2v) is 3.48. The molecule has 0 bridgehead atoms. The molecule has 2 aromatic rings. The van der Waals surface area contributed by atoms with Gasteiger partial charge in [0.1, 0.15) is 0 Å². The molecule has 0 saturated carbocycles. The van der Waals surface area contributed by atoms with E-state index in [9.17, 15) is 0 Å². The summed E-state index contributed by atoms with van der Waals surface area (Å²) in [5.74, 6) is 0. The van der Waals surface area contributed by atoms with Gasteiger partial charge in [-0.3, -0.25) is 0 Å². The molecule has 2 nitrogen and oxygen atoms in total. The highest BCUT2D eigenvalue weighted by atomic mass is 14.8. The van der Waals surface area contributed by atoms with Crippen LogP contribution in [0.1, 0.15) is 5.56 Å². The molecule has 0 radical (unpaired) electrons. The maximum Gasteiger partial charge on any atom is 0.392 e. The zero-order valence-electron chi connectivity index (χ0n) is 8.51. The molecule has 0 amide bonds. The molecule has 0 heterocycles. The van der Waals surface area contributed by atoms with Gasteiger partial charge in [0.2, 0.25) is 5.39 Å². The molecule has 0 spiro atoms.